The molecule has 16 heavy (non-hydrogen) atoms. The minimum Gasteiger partial charge on any atom is -0.507 e. The monoisotopic (exact) mass is 215 g/mol. The molecule has 1 aromatic carbocycles. The summed E-state index contributed by atoms with van der Waals surface area (Å²) in [5.41, 5.74) is 8.88. The van der Waals surface area contributed by atoms with Gasteiger partial charge in [-0.25, -0.2) is 0 Å². The maximum atomic E-state index is 10.5. The van der Waals surface area contributed by atoms with Crippen LogP contribution in [0, 0.1) is 11.8 Å². The lowest BCUT2D eigenvalue weighted by molar-refractivity contribution is 0.112. The van der Waals surface area contributed by atoms with Crippen molar-refractivity contribution in [2.75, 3.05) is 6.54 Å². The first-order valence-corrected chi connectivity index (χ1v) is 4.56. The highest BCUT2D eigenvalue weighted by Crippen LogP contribution is 2.16. The minimum atomic E-state index is 0.0295. The van der Waals surface area contributed by atoms with Gasteiger partial charge in [0.15, 0.2) is 0 Å². The molecule has 0 aliphatic rings. The molecular formula is C11H9N3O2. The molecule has 0 saturated carbocycles. The van der Waals surface area contributed by atoms with E-state index < -0.39 is 0 Å². The van der Waals surface area contributed by atoms with Gasteiger partial charge in [-0.2, -0.15) is 0 Å². The lowest BCUT2D eigenvalue weighted by Gasteiger charge is -1.96. The van der Waals surface area contributed by atoms with Crippen LogP contribution < -0.4 is 0 Å². The summed E-state index contributed by atoms with van der Waals surface area (Å²) in [7, 11) is 0. The summed E-state index contributed by atoms with van der Waals surface area (Å²) < 4.78 is 0. The Bertz CT molecular complexity index is 494. The molecule has 5 nitrogen and oxygen atoms in total. The van der Waals surface area contributed by atoms with E-state index in [9.17, 15) is 9.90 Å². The fourth-order valence-corrected chi connectivity index (χ4v) is 1.04. The van der Waals surface area contributed by atoms with Crippen molar-refractivity contribution in [3.63, 3.8) is 0 Å². The summed E-state index contributed by atoms with van der Waals surface area (Å²) in [4.78, 5) is 13.1. The number of hydrogen-bond donors (Lipinski definition) is 1. The Labute approximate surface area is 92.3 Å². The maximum Gasteiger partial charge on any atom is 0.150 e. The van der Waals surface area contributed by atoms with E-state index in [2.05, 4.69) is 21.9 Å². The van der Waals surface area contributed by atoms with Gasteiger partial charge in [-0.15, -0.1) is 0 Å². The molecule has 0 unspecified atom stereocenters. The van der Waals surface area contributed by atoms with Gasteiger partial charge in [0.05, 0.1) is 5.56 Å². The molecule has 0 aliphatic heterocycles. The van der Waals surface area contributed by atoms with Crippen LogP contribution in [0.4, 0.5) is 0 Å². The van der Waals surface area contributed by atoms with E-state index in [1.165, 1.54) is 18.2 Å². The quantitative estimate of drug-likeness (QED) is 0.209. The molecule has 0 radical (unpaired) electrons. The molecule has 0 spiro atoms. The van der Waals surface area contributed by atoms with Gasteiger partial charge in [0.25, 0.3) is 0 Å². The van der Waals surface area contributed by atoms with E-state index in [4.69, 9.17) is 5.53 Å². The van der Waals surface area contributed by atoms with Crippen molar-refractivity contribution < 1.29 is 9.90 Å². The Morgan fingerprint density at radius 1 is 1.56 bits per heavy atom. The summed E-state index contributed by atoms with van der Waals surface area (Å²) in [5, 5.41) is 12.8. The van der Waals surface area contributed by atoms with E-state index >= 15 is 0 Å². The summed E-state index contributed by atoms with van der Waals surface area (Å²) in [5.74, 6) is 5.47. The van der Waals surface area contributed by atoms with Crippen LogP contribution in [-0.2, 0) is 0 Å². The Kier molecular flexibility index (Phi) is 4.45. The molecule has 0 aliphatic carbocycles. The topological polar surface area (TPSA) is 86.1 Å². The molecule has 0 heterocycles. The molecule has 1 rings (SSSR count). The fourth-order valence-electron chi connectivity index (χ4n) is 1.04. The zero-order chi connectivity index (χ0) is 11.8. The van der Waals surface area contributed by atoms with E-state index in [0.717, 1.165) is 0 Å². The van der Waals surface area contributed by atoms with Crippen molar-refractivity contribution in [3.05, 3.63) is 39.8 Å². The van der Waals surface area contributed by atoms with Crippen molar-refractivity contribution in [3.8, 4) is 17.6 Å². The van der Waals surface area contributed by atoms with Crippen molar-refractivity contribution in [1.29, 1.82) is 0 Å². The van der Waals surface area contributed by atoms with Gasteiger partial charge in [-0.05, 0) is 23.7 Å². The summed E-state index contributed by atoms with van der Waals surface area (Å²) in [6.45, 7) is 0.289. The summed E-state index contributed by atoms with van der Waals surface area (Å²) in [6.07, 6.45) is 1.10. The second-order valence-electron chi connectivity index (χ2n) is 2.90. The standard InChI is InChI=1S/C11H9N3O2/c12-14-13-6-2-1-3-10-7-9(8-15)4-5-11(10)16/h4-5,7-8,16H,2,6H2. The normalized spacial score (nSPS) is 8.50. The molecule has 5 heteroatoms. The largest absolute Gasteiger partial charge is 0.507 e. The number of aldehydes is 1. The molecule has 0 atom stereocenters. The van der Waals surface area contributed by atoms with Crippen LogP contribution in [-0.4, -0.2) is 17.9 Å². The third-order valence-corrected chi connectivity index (χ3v) is 1.78. The second-order valence-corrected chi connectivity index (χ2v) is 2.90. The van der Waals surface area contributed by atoms with E-state index in [-0.39, 0.29) is 12.3 Å². The summed E-state index contributed by atoms with van der Waals surface area (Å²) in [6, 6.07) is 4.43. The number of aromatic hydroxyl groups is 1. The highest BCUT2D eigenvalue weighted by Gasteiger charge is 1.98. The molecule has 1 aromatic rings. The Morgan fingerprint density at radius 2 is 2.38 bits per heavy atom. The average molecular weight is 215 g/mol. The highest BCUT2D eigenvalue weighted by molar-refractivity contribution is 5.76. The van der Waals surface area contributed by atoms with E-state index in [1.54, 1.807) is 0 Å². The first kappa shape index (κ1) is 11.6. The SMILES string of the molecule is [N-]=[N+]=NCCC#Cc1cc(C=O)ccc1O. The first-order valence-electron chi connectivity index (χ1n) is 4.56. The van der Waals surface area contributed by atoms with Gasteiger partial charge in [0, 0.05) is 23.4 Å². The number of carbonyl (C=O) groups excluding carboxylic acids is 1. The highest BCUT2D eigenvalue weighted by atomic mass is 16.3. The smallest absolute Gasteiger partial charge is 0.150 e. The Balaban J connectivity index is 2.78. The third kappa shape index (κ3) is 3.37. The molecule has 0 bridgehead atoms. The predicted octanol–water partition coefficient (Wildman–Crippen LogP) is 2.26. The molecule has 0 aromatic heterocycles. The van der Waals surface area contributed by atoms with Crippen molar-refractivity contribution in [2.45, 2.75) is 6.42 Å². The van der Waals surface area contributed by atoms with Crippen molar-refractivity contribution in [2.24, 2.45) is 5.11 Å². The minimum absolute atomic E-state index is 0.0295. The zero-order valence-electron chi connectivity index (χ0n) is 8.42. The fraction of sp³-hybridized carbons (Fsp3) is 0.182. The van der Waals surface area contributed by atoms with Crippen LogP contribution in [0.15, 0.2) is 23.3 Å². The van der Waals surface area contributed by atoms with E-state index in [0.29, 0.717) is 23.8 Å². The van der Waals surface area contributed by atoms with Crippen LogP contribution in [0.25, 0.3) is 10.4 Å². The van der Waals surface area contributed by atoms with Crippen LogP contribution >= 0.6 is 0 Å². The average Bonchev–Trinajstić information content (AvgIpc) is 2.31. The second kappa shape index (κ2) is 6.12. The first-order chi connectivity index (χ1) is 7.77. The van der Waals surface area contributed by atoms with Gasteiger partial charge >= 0.3 is 0 Å². The number of nitrogens with zero attached hydrogens (tertiary/aromatic N) is 3. The van der Waals surface area contributed by atoms with Gasteiger partial charge in [0.2, 0.25) is 0 Å². The number of azide groups is 1. The van der Waals surface area contributed by atoms with Gasteiger partial charge < -0.3 is 5.11 Å². The molecule has 80 valence electrons. The lowest BCUT2D eigenvalue weighted by Crippen LogP contribution is -1.83. The number of rotatable bonds is 3. The van der Waals surface area contributed by atoms with Crippen LogP contribution in [0.3, 0.4) is 0 Å². The third-order valence-electron chi connectivity index (χ3n) is 1.78. The lowest BCUT2D eigenvalue weighted by atomic mass is 10.1. The zero-order valence-corrected chi connectivity index (χ0v) is 8.42. The number of phenolic OH excluding ortho intramolecular Hbond substituents is 1. The Hall–Kier alpha value is -2.44. The number of benzene rings is 1. The predicted molar refractivity (Wildman–Crippen MR) is 59.0 cm³/mol. The molecule has 1 N–H and O–H groups in total. The molecular weight excluding hydrogens is 206 g/mol. The Morgan fingerprint density at radius 3 is 3.06 bits per heavy atom. The van der Waals surface area contributed by atoms with Crippen molar-refractivity contribution in [1.82, 2.24) is 0 Å². The van der Waals surface area contributed by atoms with Crippen LogP contribution in [0.2, 0.25) is 0 Å². The van der Waals surface area contributed by atoms with Crippen molar-refractivity contribution >= 4 is 6.29 Å². The van der Waals surface area contributed by atoms with Gasteiger partial charge in [-0.3, -0.25) is 4.79 Å². The van der Waals surface area contributed by atoms with E-state index in [1.807, 2.05) is 0 Å². The summed E-state index contributed by atoms with van der Waals surface area (Å²) >= 11 is 0. The number of hydrogen-bond acceptors (Lipinski definition) is 3. The van der Waals surface area contributed by atoms with Crippen LogP contribution in [0.1, 0.15) is 22.3 Å². The number of phenols is 1. The maximum absolute atomic E-state index is 10.5. The molecule has 0 amide bonds. The number of carbonyl (C=O) groups is 1. The molecule has 0 fully saturated rings. The van der Waals surface area contributed by atoms with Crippen LogP contribution in [0.5, 0.6) is 5.75 Å². The van der Waals surface area contributed by atoms with Gasteiger partial charge in [0.1, 0.15) is 12.0 Å². The van der Waals surface area contributed by atoms with Gasteiger partial charge in [-0.1, -0.05) is 17.0 Å². The molecule has 0 saturated heterocycles.